The lowest BCUT2D eigenvalue weighted by molar-refractivity contribution is 0.212. The van der Waals surface area contributed by atoms with Crippen LogP contribution >= 0.6 is 7.60 Å². The van der Waals surface area contributed by atoms with E-state index in [9.17, 15) is 13.3 Å². The monoisotopic (exact) mass is 279 g/mol. The quantitative estimate of drug-likeness (QED) is 0.812. The minimum atomic E-state index is -3.71. The molecule has 102 valence electrons. The lowest BCUT2D eigenvalue weighted by Gasteiger charge is -2.23. The topological polar surface area (TPSA) is 61.5 Å². The Morgan fingerprint density at radius 2 is 1.83 bits per heavy atom. The summed E-state index contributed by atoms with van der Waals surface area (Å²) in [4.78, 5) is 0. The van der Waals surface area contributed by atoms with E-state index in [2.05, 4.69) is 0 Å². The van der Waals surface area contributed by atoms with Gasteiger partial charge in [0.25, 0.3) is 0 Å². The Labute approximate surface area is 105 Å². The lowest BCUT2D eigenvalue weighted by atomic mass is 10.2. The highest BCUT2D eigenvalue weighted by molar-refractivity contribution is 7.54. The summed E-state index contributed by atoms with van der Waals surface area (Å²) in [6, 6.07) is 2.77. The van der Waals surface area contributed by atoms with Crippen LogP contribution in [0, 0.1) is 11.6 Å². The maximum Gasteiger partial charge on any atom is 0.351 e. The zero-order chi connectivity index (χ0) is 13.8. The number of halogens is 2. The Morgan fingerprint density at radius 3 is 2.33 bits per heavy atom. The second kappa shape index (κ2) is 6.38. The Morgan fingerprint density at radius 1 is 1.28 bits per heavy atom. The first-order chi connectivity index (χ1) is 8.44. The predicted octanol–water partition coefficient (Wildman–Crippen LogP) is 3.19. The van der Waals surface area contributed by atoms with Gasteiger partial charge in [0.1, 0.15) is 17.4 Å². The van der Waals surface area contributed by atoms with Crippen LogP contribution < -0.4 is 5.73 Å². The third-order valence-corrected chi connectivity index (χ3v) is 4.43. The summed E-state index contributed by atoms with van der Waals surface area (Å²) in [6.45, 7) is 3.42. The van der Waals surface area contributed by atoms with Gasteiger partial charge in [-0.25, -0.2) is 8.78 Å². The minimum absolute atomic E-state index is 0.0991. The second-order valence-corrected chi connectivity index (χ2v) is 5.64. The molecule has 0 spiro atoms. The first kappa shape index (κ1) is 15.2. The lowest BCUT2D eigenvalue weighted by Crippen LogP contribution is -2.16. The molecule has 0 aromatic heterocycles. The van der Waals surface area contributed by atoms with Crippen LogP contribution in [0.1, 0.15) is 25.2 Å². The van der Waals surface area contributed by atoms with Gasteiger partial charge in [-0.1, -0.05) is 0 Å². The third kappa shape index (κ3) is 3.36. The van der Waals surface area contributed by atoms with Gasteiger partial charge in [-0.3, -0.25) is 4.57 Å². The van der Waals surface area contributed by atoms with E-state index in [0.29, 0.717) is 0 Å². The molecule has 1 atom stereocenters. The Hall–Kier alpha value is -0.810. The van der Waals surface area contributed by atoms with Crippen molar-refractivity contribution in [2.75, 3.05) is 13.2 Å². The van der Waals surface area contributed by atoms with Crippen molar-refractivity contribution < 1.29 is 22.4 Å². The molecule has 2 N–H and O–H groups in total. The van der Waals surface area contributed by atoms with Crippen molar-refractivity contribution in [3.05, 3.63) is 35.4 Å². The van der Waals surface area contributed by atoms with E-state index in [1.807, 2.05) is 0 Å². The van der Waals surface area contributed by atoms with Crippen LogP contribution in [-0.2, 0) is 13.6 Å². The number of hydrogen-bond donors (Lipinski definition) is 1. The van der Waals surface area contributed by atoms with E-state index in [1.165, 1.54) is 0 Å². The Bertz CT molecular complexity index is 446. The summed E-state index contributed by atoms with van der Waals surface area (Å²) in [7, 11) is -3.71. The summed E-state index contributed by atoms with van der Waals surface area (Å²) in [6.07, 6.45) is 0. The second-order valence-electron chi connectivity index (χ2n) is 3.49. The van der Waals surface area contributed by atoms with Crippen molar-refractivity contribution in [1.29, 1.82) is 0 Å². The summed E-state index contributed by atoms with van der Waals surface area (Å²) in [5.74, 6) is -2.77. The van der Waals surface area contributed by atoms with Crippen molar-refractivity contribution in [2.45, 2.75) is 19.6 Å². The van der Waals surface area contributed by atoms with Gasteiger partial charge in [-0.05, 0) is 32.0 Å². The average molecular weight is 279 g/mol. The average Bonchev–Trinajstić information content (AvgIpc) is 2.32. The molecular formula is C11H16F2NO3P. The molecule has 0 aliphatic rings. The van der Waals surface area contributed by atoms with Crippen molar-refractivity contribution in [2.24, 2.45) is 5.73 Å². The number of hydrogen-bond acceptors (Lipinski definition) is 4. The molecule has 4 nitrogen and oxygen atoms in total. The van der Waals surface area contributed by atoms with Gasteiger partial charge in [-0.2, -0.15) is 0 Å². The highest BCUT2D eigenvalue weighted by Crippen LogP contribution is 2.58. The molecule has 0 bridgehead atoms. The van der Waals surface area contributed by atoms with Crippen LogP contribution in [0.15, 0.2) is 18.2 Å². The van der Waals surface area contributed by atoms with Crippen molar-refractivity contribution in [3.63, 3.8) is 0 Å². The first-order valence-corrected chi connectivity index (χ1v) is 7.15. The standard InChI is InChI=1S/C11H16F2NO3P/c1-3-16-18(15,17-4-2)11(14)9-7-8(12)5-6-10(9)13/h5-7,11H,3-4,14H2,1-2H3/t11-/m0/s1. The summed E-state index contributed by atoms with van der Waals surface area (Å²) < 4.78 is 48.9. The van der Waals surface area contributed by atoms with Crippen molar-refractivity contribution in [3.8, 4) is 0 Å². The van der Waals surface area contributed by atoms with Gasteiger partial charge in [0, 0.05) is 5.56 Å². The fourth-order valence-electron chi connectivity index (χ4n) is 1.47. The van der Waals surface area contributed by atoms with E-state index >= 15 is 0 Å². The highest BCUT2D eigenvalue weighted by Gasteiger charge is 2.35. The van der Waals surface area contributed by atoms with E-state index in [0.717, 1.165) is 18.2 Å². The maximum atomic E-state index is 13.6. The molecular weight excluding hydrogens is 263 g/mol. The predicted molar refractivity (Wildman–Crippen MR) is 64.1 cm³/mol. The molecule has 0 fully saturated rings. The molecule has 0 amide bonds. The van der Waals surface area contributed by atoms with Gasteiger partial charge >= 0.3 is 7.60 Å². The molecule has 0 aliphatic heterocycles. The van der Waals surface area contributed by atoms with E-state index in [1.54, 1.807) is 13.8 Å². The molecule has 0 aliphatic carbocycles. The molecule has 1 rings (SSSR count). The molecule has 1 aromatic carbocycles. The maximum absolute atomic E-state index is 13.6. The SMILES string of the molecule is CCOP(=O)(OCC)[C@H](N)c1cc(F)ccc1F. The van der Waals surface area contributed by atoms with Crippen molar-refractivity contribution >= 4 is 7.60 Å². The van der Waals surface area contributed by atoms with Crippen LogP contribution in [0.4, 0.5) is 8.78 Å². The molecule has 0 saturated heterocycles. The Kier molecular flexibility index (Phi) is 5.41. The normalized spacial score (nSPS) is 13.6. The summed E-state index contributed by atoms with van der Waals surface area (Å²) in [5.41, 5.74) is 5.47. The fourth-order valence-corrected chi connectivity index (χ4v) is 3.12. The Balaban J connectivity index is 3.13. The van der Waals surface area contributed by atoms with Gasteiger partial charge < -0.3 is 14.8 Å². The number of benzene rings is 1. The van der Waals surface area contributed by atoms with Crippen LogP contribution in [0.5, 0.6) is 0 Å². The molecule has 0 radical (unpaired) electrons. The molecule has 1 aromatic rings. The molecule has 0 heterocycles. The first-order valence-electron chi connectivity index (χ1n) is 5.54. The highest BCUT2D eigenvalue weighted by atomic mass is 31.2. The van der Waals surface area contributed by atoms with E-state index in [-0.39, 0.29) is 18.8 Å². The smallest absolute Gasteiger partial charge is 0.314 e. The van der Waals surface area contributed by atoms with E-state index in [4.69, 9.17) is 14.8 Å². The molecule has 7 heteroatoms. The molecule has 18 heavy (non-hydrogen) atoms. The largest absolute Gasteiger partial charge is 0.351 e. The zero-order valence-corrected chi connectivity index (χ0v) is 11.1. The third-order valence-electron chi connectivity index (χ3n) is 2.24. The van der Waals surface area contributed by atoms with Gasteiger partial charge in [0.15, 0.2) is 0 Å². The summed E-state index contributed by atoms with van der Waals surface area (Å²) >= 11 is 0. The van der Waals surface area contributed by atoms with Gasteiger partial charge in [0.2, 0.25) is 0 Å². The van der Waals surface area contributed by atoms with E-state index < -0.39 is 25.0 Å². The number of nitrogens with two attached hydrogens (primary N) is 1. The molecule has 0 saturated carbocycles. The zero-order valence-electron chi connectivity index (χ0n) is 10.2. The van der Waals surface area contributed by atoms with Crippen LogP contribution in [0.3, 0.4) is 0 Å². The van der Waals surface area contributed by atoms with Crippen LogP contribution in [0.2, 0.25) is 0 Å². The van der Waals surface area contributed by atoms with Crippen LogP contribution in [0.25, 0.3) is 0 Å². The minimum Gasteiger partial charge on any atom is -0.314 e. The van der Waals surface area contributed by atoms with Gasteiger partial charge in [-0.15, -0.1) is 0 Å². The van der Waals surface area contributed by atoms with Crippen molar-refractivity contribution in [1.82, 2.24) is 0 Å². The summed E-state index contributed by atoms with van der Waals surface area (Å²) in [5, 5.41) is 0. The van der Waals surface area contributed by atoms with Crippen LogP contribution in [-0.4, -0.2) is 13.2 Å². The van der Waals surface area contributed by atoms with Gasteiger partial charge in [0.05, 0.1) is 13.2 Å². The molecule has 0 unspecified atom stereocenters. The number of rotatable bonds is 6. The fraction of sp³-hybridized carbons (Fsp3) is 0.455.